The number of amides is 2. The Morgan fingerprint density at radius 3 is 1.85 bits per heavy atom. The fourth-order valence-corrected chi connectivity index (χ4v) is 4.84. The Morgan fingerprint density at radius 1 is 0.660 bits per heavy atom. The molecule has 0 aromatic heterocycles. The van der Waals surface area contributed by atoms with Gasteiger partial charge in [0.25, 0.3) is 5.91 Å². The van der Waals surface area contributed by atoms with Gasteiger partial charge >= 0.3 is 5.97 Å². The molecule has 0 unspecified atom stereocenters. The van der Waals surface area contributed by atoms with Crippen molar-refractivity contribution in [2.24, 2.45) is 0 Å². The van der Waals surface area contributed by atoms with Gasteiger partial charge in [-0.25, -0.2) is 4.79 Å². The third-order valence-electron chi connectivity index (χ3n) is 7.72. The molecule has 1 saturated heterocycles. The lowest BCUT2D eigenvalue weighted by molar-refractivity contribution is -0.294. The van der Waals surface area contributed by atoms with Crippen molar-refractivity contribution >= 4 is 17.8 Å². The van der Waals surface area contributed by atoms with Crippen LogP contribution in [0.15, 0.2) is 48.5 Å². The minimum atomic E-state index is -1.37. The summed E-state index contributed by atoms with van der Waals surface area (Å²) in [5, 5.41) is 44.3. The van der Waals surface area contributed by atoms with Crippen molar-refractivity contribution in [3.05, 3.63) is 54.1 Å². The summed E-state index contributed by atoms with van der Waals surface area (Å²) in [7, 11) is 0. The molecule has 5 atom stereocenters. The smallest absolute Gasteiger partial charge is 0.339 e. The van der Waals surface area contributed by atoms with E-state index in [1.54, 1.807) is 19.1 Å². The highest BCUT2D eigenvalue weighted by Gasteiger charge is 2.42. The van der Waals surface area contributed by atoms with Gasteiger partial charge in [-0.3, -0.25) is 9.59 Å². The molecule has 17 heteroatoms. The van der Waals surface area contributed by atoms with Crippen LogP contribution in [0.3, 0.4) is 0 Å². The largest absolute Gasteiger partial charge is 0.483 e. The number of benzene rings is 2. The molecule has 2 aromatic rings. The van der Waals surface area contributed by atoms with Gasteiger partial charge in [-0.05, 0) is 30.2 Å². The van der Waals surface area contributed by atoms with Gasteiger partial charge in [0, 0.05) is 19.5 Å². The van der Waals surface area contributed by atoms with Gasteiger partial charge in [-0.1, -0.05) is 36.4 Å². The number of carboxylic acid groups (broad SMARTS) is 1. The van der Waals surface area contributed by atoms with Crippen molar-refractivity contribution in [2.75, 3.05) is 92.4 Å². The van der Waals surface area contributed by atoms with E-state index in [-0.39, 0.29) is 69.8 Å². The van der Waals surface area contributed by atoms with Crippen LogP contribution in [0.4, 0.5) is 0 Å². The number of hydrogen-bond donors (Lipinski definition) is 6. The zero-order valence-electron chi connectivity index (χ0n) is 29.9. The van der Waals surface area contributed by atoms with E-state index in [9.17, 15) is 34.8 Å². The zero-order chi connectivity index (χ0) is 38.3. The molecule has 1 aliphatic rings. The standard InChI is InChI=1S/C36H52N2O15/c1-25-32(41)33(42)34(43)36(53-25)51-22-21-48-13-10-37-30(39)9-12-46-15-17-49-19-20-50-18-16-47-14-11-38-31(40)24-52-29-8-7-27(23-28(29)35(44)45)26-5-3-2-4-6-26/h2-8,23,25,32-34,36,41-43H,9-22,24H2,1H3,(H,37,39)(H,38,40)(H,44,45)/t25-,32-,33+,34+,36+/m0/s1. The Balaban J connectivity index is 1.05. The van der Waals surface area contributed by atoms with Gasteiger partial charge in [0.1, 0.15) is 29.6 Å². The summed E-state index contributed by atoms with van der Waals surface area (Å²) in [5.41, 5.74) is 1.57. The van der Waals surface area contributed by atoms with Crippen molar-refractivity contribution in [1.82, 2.24) is 10.6 Å². The molecular formula is C36H52N2O15. The number of carbonyl (C=O) groups excluding carboxylic acids is 2. The van der Waals surface area contributed by atoms with Gasteiger partial charge < -0.3 is 69.0 Å². The molecule has 2 amide bonds. The van der Waals surface area contributed by atoms with E-state index in [2.05, 4.69) is 10.6 Å². The lowest BCUT2D eigenvalue weighted by atomic mass is 10.0. The molecule has 2 aromatic carbocycles. The Hall–Kier alpha value is -3.75. The maximum Gasteiger partial charge on any atom is 0.339 e. The molecule has 0 radical (unpaired) electrons. The average Bonchev–Trinajstić information content (AvgIpc) is 3.16. The highest BCUT2D eigenvalue weighted by atomic mass is 16.7. The highest BCUT2D eigenvalue weighted by molar-refractivity contribution is 5.93. The Labute approximate surface area is 308 Å². The second-order valence-corrected chi connectivity index (χ2v) is 11.7. The van der Waals surface area contributed by atoms with Crippen molar-refractivity contribution in [3.8, 4) is 16.9 Å². The number of carboxylic acids is 1. The van der Waals surface area contributed by atoms with Crippen LogP contribution in [-0.2, 0) is 42.7 Å². The van der Waals surface area contributed by atoms with E-state index < -0.39 is 42.6 Å². The SMILES string of the molecule is C[C@@H]1O[C@@H](OCCOCCNC(=O)CCOCCOCCOCCOCCNC(=O)COc2ccc(-c3ccccc3)cc2C(=O)O)[C@H](O)[C@H](O)[C@H]1O. The Morgan fingerprint density at radius 2 is 1.23 bits per heavy atom. The van der Waals surface area contributed by atoms with E-state index >= 15 is 0 Å². The highest BCUT2D eigenvalue weighted by Crippen LogP contribution is 2.27. The molecule has 3 rings (SSSR count). The molecular weight excluding hydrogens is 700 g/mol. The second kappa shape index (κ2) is 25.3. The summed E-state index contributed by atoms with van der Waals surface area (Å²) < 4.78 is 43.2. The van der Waals surface area contributed by atoms with Crippen molar-refractivity contribution in [1.29, 1.82) is 0 Å². The molecule has 6 N–H and O–H groups in total. The van der Waals surface area contributed by atoms with E-state index in [1.807, 2.05) is 30.3 Å². The molecule has 0 bridgehead atoms. The van der Waals surface area contributed by atoms with Crippen molar-refractivity contribution < 1.29 is 72.7 Å². The molecule has 1 heterocycles. The van der Waals surface area contributed by atoms with E-state index in [0.29, 0.717) is 46.2 Å². The Bertz CT molecular complexity index is 1350. The lowest BCUT2D eigenvalue weighted by Crippen LogP contribution is -2.57. The van der Waals surface area contributed by atoms with E-state index in [4.69, 9.17) is 37.9 Å². The number of ether oxygens (including phenoxy) is 8. The van der Waals surface area contributed by atoms with Crippen LogP contribution in [0.2, 0.25) is 0 Å². The molecule has 0 spiro atoms. The van der Waals surface area contributed by atoms with Crippen LogP contribution in [0.1, 0.15) is 23.7 Å². The summed E-state index contributed by atoms with van der Waals surface area (Å²) in [6, 6.07) is 14.2. The van der Waals surface area contributed by atoms with Gasteiger partial charge in [0.2, 0.25) is 5.91 Å². The third kappa shape index (κ3) is 16.9. The van der Waals surface area contributed by atoms with Crippen LogP contribution >= 0.6 is 0 Å². The van der Waals surface area contributed by atoms with Crippen molar-refractivity contribution in [2.45, 2.75) is 44.1 Å². The molecule has 0 saturated carbocycles. The molecule has 17 nitrogen and oxygen atoms in total. The van der Waals surface area contributed by atoms with Gasteiger partial charge in [0.05, 0.1) is 78.8 Å². The lowest BCUT2D eigenvalue weighted by Gasteiger charge is -2.38. The Kier molecular flexibility index (Phi) is 20.8. The first kappa shape index (κ1) is 43.7. The molecule has 53 heavy (non-hydrogen) atoms. The first-order valence-corrected chi connectivity index (χ1v) is 17.5. The van der Waals surface area contributed by atoms with E-state index in [1.165, 1.54) is 6.07 Å². The van der Waals surface area contributed by atoms with Crippen LogP contribution < -0.4 is 15.4 Å². The zero-order valence-corrected chi connectivity index (χ0v) is 29.9. The first-order chi connectivity index (χ1) is 25.7. The van der Waals surface area contributed by atoms with Crippen LogP contribution in [-0.4, -0.2) is 161 Å². The van der Waals surface area contributed by atoms with E-state index in [0.717, 1.165) is 11.1 Å². The number of nitrogens with one attached hydrogen (secondary N) is 2. The normalized spacial score (nSPS) is 19.8. The third-order valence-corrected chi connectivity index (χ3v) is 7.72. The van der Waals surface area contributed by atoms with Crippen LogP contribution in [0, 0.1) is 0 Å². The summed E-state index contributed by atoms with van der Waals surface area (Å²) in [5.74, 6) is -1.64. The number of hydrogen-bond acceptors (Lipinski definition) is 14. The number of aromatic carboxylic acids is 1. The topological polar surface area (TPSA) is 230 Å². The monoisotopic (exact) mass is 752 g/mol. The number of carbonyl (C=O) groups is 3. The second-order valence-electron chi connectivity index (χ2n) is 11.7. The quantitative estimate of drug-likeness (QED) is 0.0659. The summed E-state index contributed by atoms with van der Waals surface area (Å²) >= 11 is 0. The maximum absolute atomic E-state index is 12.1. The first-order valence-electron chi connectivity index (χ1n) is 17.5. The maximum atomic E-state index is 12.1. The minimum Gasteiger partial charge on any atom is -0.483 e. The van der Waals surface area contributed by atoms with Crippen molar-refractivity contribution in [3.63, 3.8) is 0 Å². The average molecular weight is 753 g/mol. The fourth-order valence-electron chi connectivity index (χ4n) is 4.84. The number of aliphatic hydroxyl groups excluding tert-OH is 3. The summed E-state index contributed by atoms with van der Waals surface area (Å²) in [6.07, 6.45) is -5.48. The predicted molar refractivity (Wildman–Crippen MR) is 187 cm³/mol. The molecule has 1 fully saturated rings. The summed E-state index contributed by atoms with van der Waals surface area (Å²) in [4.78, 5) is 35.8. The molecule has 296 valence electrons. The number of aliphatic hydroxyl groups is 3. The van der Waals surface area contributed by atoms with Gasteiger partial charge in [0.15, 0.2) is 12.9 Å². The van der Waals surface area contributed by atoms with Crippen LogP contribution in [0.25, 0.3) is 11.1 Å². The van der Waals surface area contributed by atoms with Crippen LogP contribution in [0.5, 0.6) is 5.75 Å². The number of rotatable bonds is 27. The molecule has 1 aliphatic heterocycles. The predicted octanol–water partition coefficient (Wildman–Crippen LogP) is -0.0198. The summed E-state index contributed by atoms with van der Waals surface area (Å²) in [6.45, 7) is 4.88. The minimum absolute atomic E-state index is 0.0316. The molecule has 0 aliphatic carbocycles. The fraction of sp³-hybridized carbons (Fsp3) is 0.583. The van der Waals surface area contributed by atoms with Gasteiger partial charge in [-0.15, -0.1) is 0 Å². The van der Waals surface area contributed by atoms with Gasteiger partial charge in [-0.2, -0.15) is 0 Å².